The van der Waals surface area contributed by atoms with Crippen LogP contribution in [0.1, 0.15) is 22.8 Å². The summed E-state index contributed by atoms with van der Waals surface area (Å²) in [4.78, 5) is 24.8. The molecule has 11 heteroatoms. The number of pyridine rings is 1. The molecule has 0 radical (unpaired) electrons. The van der Waals surface area contributed by atoms with Crippen molar-refractivity contribution in [3.8, 4) is 11.4 Å². The van der Waals surface area contributed by atoms with E-state index in [-0.39, 0.29) is 23.5 Å². The standard InChI is InChI=1S/C27H28ClF2N5O3/c1-16-11-18(27(29,30)15-35-7-9-38-10-8-35)13-21-24(16)34-25(33-21)23-20(5-6-31-26(23)37)32-14-22(36)17-3-2-4-19(28)12-17/h2-6,11-13,22,36H,7-10,14-15H2,1H3,(H,33,34)(H2,31,32,37)/t22-/m0/s1. The fourth-order valence-electron chi connectivity index (χ4n) is 4.65. The number of H-pyrrole nitrogens is 2. The number of alkyl halides is 2. The summed E-state index contributed by atoms with van der Waals surface area (Å²) >= 11 is 6.03. The molecular formula is C27H28ClF2N5O3. The minimum absolute atomic E-state index is 0.105. The molecule has 0 amide bonds. The van der Waals surface area contributed by atoms with Gasteiger partial charge in [-0.3, -0.25) is 9.69 Å². The van der Waals surface area contributed by atoms with Crippen LogP contribution in [-0.4, -0.2) is 64.4 Å². The number of ether oxygens (including phenoxy) is 1. The maximum atomic E-state index is 15.2. The number of nitrogens with zero attached hydrogens (tertiary/aromatic N) is 2. The maximum Gasteiger partial charge on any atom is 0.285 e. The summed E-state index contributed by atoms with van der Waals surface area (Å²) in [6, 6.07) is 11.4. The molecule has 0 aliphatic carbocycles. The molecule has 2 aromatic carbocycles. The molecule has 1 saturated heterocycles. The van der Waals surface area contributed by atoms with Crippen molar-refractivity contribution in [1.82, 2.24) is 19.9 Å². The number of aryl methyl sites for hydroxylation is 1. The number of rotatable bonds is 8. The highest BCUT2D eigenvalue weighted by molar-refractivity contribution is 6.30. The number of aromatic nitrogens is 3. The molecule has 38 heavy (non-hydrogen) atoms. The Morgan fingerprint density at radius 3 is 2.79 bits per heavy atom. The lowest BCUT2D eigenvalue weighted by Gasteiger charge is -2.30. The van der Waals surface area contributed by atoms with Crippen LogP contribution in [0.25, 0.3) is 22.4 Å². The number of fused-ring (bicyclic) bond motifs is 1. The first kappa shape index (κ1) is 26.3. The van der Waals surface area contributed by atoms with Crippen LogP contribution in [0.15, 0.2) is 53.5 Å². The first-order chi connectivity index (χ1) is 18.2. The molecule has 4 N–H and O–H groups in total. The van der Waals surface area contributed by atoms with E-state index in [1.165, 1.54) is 18.3 Å². The average molecular weight is 544 g/mol. The molecule has 5 rings (SSSR count). The molecular weight excluding hydrogens is 516 g/mol. The third-order valence-corrected chi connectivity index (χ3v) is 6.88. The van der Waals surface area contributed by atoms with Gasteiger partial charge in [0.1, 0.15) is 11.4 Å². The van der Waals surface area contributed by atoms with Gasteiger partial charge in [0.25, 0.3) is 11.5 Å². The van der Waals surface area contributed by atoms with Crippen LogP contribution in [0.4, 0.5) is 14.5 Å². The topological polar surface area (TPSA) is 106 Å². The van der Waals surface area contributed by atoms with Crippen molar-refractivity contribution in [3.63, 3.8) is 0 Å². The SMILES string of the molecule is Cc1cc(C(F)(F)CN2CCOCC2)cc2[nH]c(-c3c(NC[C@H](O)c4cccc(Cl)c4)cc[nH]c3=O)nc12. The van der Waals surface area contributed by atoms with Crippen molar-refractivity contribution in [3.05, 3.63) is 80.7 Å². The number of nitrogens with one attached hydrogen (secondary N) is 3. The lowest BCUT2D eigenvalue weighted by Crippen LogP contribution is -2.42. The van der Waals surface area contributed by atoms with Crippen molar-refractivity contribution in [2.75, 3.05) is 44.7 Å². The molecule has 1 aliphatic heterocycles. The largest absolute Gasteiger partial charge is 0.387 e. The first-order valence-corrected chi connectivity index (χ1v) is 12.7. The zero-order valence-corrected chi connectivity index (χ0v) is 21.5. The fourth-order valence-corrected chi connectivity index (χ4v) is 4.85. The summed E-state index contributed by atoms with van der Waals surface area (Å²) in [5.74, 6) is -2.84. The number of aromatic amines is 2. The Balaban J connectivity index is 1.43. The molecule has 4 aromatic rings. The summed E-state index contributed by atoms with van der Waals surface area (Å²) in [5.41, 5.74) is 2.22. The highest BCUT2D eigenvalue weighted by Gasteiger charge is 2.35. The Kier molecular flexibility index (Phi) is 7.49. The average Bonchev–Trinajstić information content (AvgIpc) is 3.32. The van der Waals surface area contributed by atoms with E-state index in [9.17, 15) is 9.90 Å². The van der Waals surface area contributed by atoms with Crippen LogP contribution in [0.2, 0.25) is 5.02 Å². The number of benzene rings is 2. The number of morpholine rings is 1. The normalized spacial score (nSPS) is 15.6. The van der Waals surface area contributed by atoms with E-state index in [1.807, 2.05) is 0 Å². The molecule has 3 heterocycles. The highest BCUT2D eigenvalue weighted by Crippen LogP contribution is 2.34. The molecule has 200 valence electrons. The van der Waals surface area contributed by atoms with Crippen LogP contribution in [-0.2, 0) is 10.7 Å². The van der Waals surface area contributed by atoms with E-state index in [0.29, 0.717) is 59.2 Å². The smallest absolute Gasteiger partial charge is 0.285 e. The van der Waals surface area contributed by atoms with E-state index in [4.69, 9.17) is 16.3 Å². The molecule has 1 aliphatic rings. The Labute approximate surface area is 222 Å². The van der Waals surface area contributed by atoms with Crippen molar-refractivity contribution in [2.45, 2.75) is 19.0 Å². The van der Waals surface area contributed by atoms with Gasteiger partial charge in [-0.15, -0.1) is 0 Å². The molecule has 0 saturated carbocycles. The van der Waals surface area contributed by atoms with Crippen molar-refractivity contribution in [1.29, 1.82) is 0 Å². The lowest BCUT2D eigenvalue weighted by molar-refractivity contribution is -0.0616. The number of hydrogen-bond donors (Lipinski definition) is 4. The predicted molar refractivity (Wildman–Crippen MR) is 143 cm³/mol. The molecule has 1 atom stereocenters. The quantitative estimate of drug-likeness (QED) is 0.262. The summed E-state index contributed by atoms with van der Waals surface area (Å²) in [7, 11) is 0. The van der Waals surface area contributed by atoms with Gasteiger partial charge in [0.05, 0.1) is 42.6 Å². The number of anilines is 1. The molecule has 8 nitrogen and oxygen atoms in total. The van der Waals surface area contributed by atoms with Crippen LogP contribution in [0.3, 0.4) is 0 Å². The Morgan fingerprint density at radius 2 is 2.03 bits per heavy atom. The Morgan fingerprint density at radius 1 is 1.24 bits per heavy atom. The molecule has 0 spiro atoms. The van der Waals surface area contributed by atoms with Crippen LogP contribution < -0.4 is 10.9 Å². The summed E-state index contributed by atoms with van der Waals surface area (Å²) in [6.45, 7) is 3.23. The van der Waals surface area contributed by atoms with E-state index in [1.54, 1.807) is 42.2 Å². The number of halogens is 3. The Bertz CT molecular complexity index is 1500. The third kappa shape index (κ3) is 5.58. The van der Waals surface area contributed by atoms with Gasteiger partial charge >= 0.3 is 0 Å². The molecule has 0 unspecified atom stereocenters. The highest BCUT2D eigenvalue weighted by atomic mass is 35.5. The van der Waals surface area contributed by atoms with Crippen molar-refractivity contribution < 1.29 is 18.6 Å². The predicted octanol–water partition coefficient (Wildman–Crippen LogP) is 4.45. The van der Waals surface area contributed by atoms with Gasteiger partial charge in [0, 0.05) is 36.4 Å². The monoisotopic (exact) mass is 543 g/mol. The van der Waals surface area contributed by atoms with Gasteiger partial charge in [-0.25, -0.2) is 4.98 Å². The van der Waals surface area contributed by atoms with Gasteiger partial charge in [-0.1, -0.05) is 23.7 Å². The number of aliphatic hydroxyl groups excluding tert-OH is 1. The van der Waals surface area contributed by atoms with Crippen LogP contribution in [0.5, 0.6) is 0 Å². The minimum atomic E-state index is -3.07. The Hall–Kier alpha value is -3.31. The fraction of sp³-hybridized carbons (Fsp3) is 0.333. The summed E-state index contributed by atoms with van der Waals surface area (Å²) in [5, 5.41) is 14.2. The van der Waals surface area contributed by atoms with Gasteiger partial charge in [0.2, 0.25) is 0 Å². The van der Waals surface area contributed by atoms with Gasteiger partial charge in [0.15, 0.2) is 0 Å². The molecule has 0 bridgehead atoms. The van der Waals surface area contributed by atoms with Gasteiger partial charge < -0.3 is 25.1 Å². The molecule has 2 aromatic heterocycles. The van der Waals surface area contributed by atoms with E-state index in [0.717, 1.165) is 0 Å². The second-order valence-corrected chi connectivity index (χ2v) is 9.85. The van der Waals surface area contributed by atoms with E-state index < -0.39 is 24.1 Å². The molecule has 1 fully saturated rings. The second-order valence-electron chi connectivity index (χ2n) is 9.41. The zero-order valence-electron chi connectivity index (χ0n) is 20.7. The number of hydrogen-bond acceptors (Lipinski definition) is 6. The lowest BCUT2D eigenvalue weighted by atomic mass is 10.0. The van der Waals surface area contributed by atoms with Crippen molar-refractivity contribution >= 4 is 28.3 Å². The van der Waals surface area contributed by atoms with Crippen LogP contribution >= 0.6 is 11.6 Å². The van der Waals surface area contributed by atoms with E-state index in [2.05, 4.69) is 20.3 Å². The second kappa shape index (κ2) is 10.8. The third-order valence-electron chi connectivity index (χ3n) is 6.64. The van der Waals surface area contributed by atoms with Crippen LogP contribution in [0, 0.1) is 6.92 Å². The summed E-state index contributed by atoms with van der Waals surface area (Å²) in [6.07, 6.45) is 0.605. The first-order valence-electron chi connectivity index (χ1n) is 12.3. The maximum absolute atomic E-state index is 15.2. The summed E-state index contributed by atoms with van der Waals surface area (Å²) < 4.78 is 35.7. The van der Waals surface area contributed by atoms with E-state index >= 15 is 8.78 Å². The van der Waals surface area contributed by atoms with Gasteiger partial charge in [-0.05, 0) is 48.4 Å². The van der Waals surface area contributed by atoms with Gasteiger partial charge in [-0.2, -0.15) is 8.78 Å². The number of imidazole rings is 1. The number of aliphatic hydroxyl groups is 1. The minimum Gasteiger partial charge on any atom is -0.387 e. The zero-order chi connectivity index (χ0) is 26.9. The van der Waals surface area contributed by atoms with Crippen molar-refractivity contribution in [2.24, 2.45) is 0 Å².